The van der Waals surface area contributed by atoms with Crippen molar-refractivity contribution < 1.29 is 4.74 Å². The Morgan fingerprint density at radius 3 is 3.00 bits per heavy atom. The van der Waals surface area contributed by atoms with E-state index in [-0.39, 0.29) is 6.10 Å². The number of anilines is 1. The second kappa shape index (κ2) is 7.18. The molecule has 0 spiro atoms. The van der Waals surface area contributed by atoms with Gasteiger partial charge in [0, 0.05) is 38.9 Å². The number of aromatic nitrogens is 2. The molecule has 2 fully saturated rings. The third kappa shape index (κ3) is 3.92. The van der Waals surface area contributed by atoms with Crippen LogP contribution in [0.25, 0.3) is 0 Å². The first-order chi connectivity index (χ1) is 10.3. The molecule has 1 aliphatic heterocycles. The first-order valence-electron chi connectivity index (χ1n) is 8.21. The van der Waals surface area contributed by atoms with E-state index in [4.69, 9.17) is 4.74 Å². The number of nitrogens with zero attached hydrogens (tertiary/aromatic N) is 4. The van der Waals surface area contributed by atoms with Crippen LogP contribution in [-0.2, 0) is 4.74 Å². The largest absolute Gasteiger partial charge is 0.374 e. The van der Waals surface area contributed by atoms with Crippen LogP contribution in [0.1, 0.15) is 26.2 Å². The number of likely N-dealkylation sites (N-methyl/N-ethyl adjacent to an activating group) is 1. The molecule has 0 amide bonds. The monoisotopic (exact) mass is 290 g/mol. The van der Waals surface area contributed by atoms with Crippen molar-refractivity contribution in [2.45, 2.75) is 32.3 Å². The third-order valence-corrected chi connectivity index (χ3v) is 4.65. The first kappa shape index (κ1) is 14.7. The van der Waals surface area contributed by atoms with Crippen molar-refractivity contribution in [2.24, 2.45) is 5.92 Å². The highest BCUT2D eigenvalue weighted by molar-refractivity contribution is 5.36. The number of ether oxygens (including phenoxy) is 1. The molecule has 0 bridgehead atoms. The van der Waals surface area contributed by atoms with Crippen LogP contribution in [0.4, 0.5) is 5.82 Å². The van der Waals surface area contributed by atoms with Gasteiger partial charge in [-0.1, -0.05) is 6.42 Å². The predicted molar refractivity (Wildman–Crippen MR) is 83.4 cm³/mol. The maximum atomic E-state index is 5.96. The molecule has 116 valence electrons. The molecule has 5 heteroatoms. The van der Waals surface area contributed by atoms with Gasteiger partial charge >= 0.3 is 0 Å². The summed E-state index contributed by atoms with van der Waals surface area (Å²) in [5.41, 5.74) is 0. The Kier molecular flexibility index (Phi) is 5.04. The van der Waals surface area contributed by atoms with Gasteiger partial charge in [0.15, 0.2) is 5.82 Å². The molecule has 5 nitrogen and oxygen atoms in total. The minimum atomic E-state index is 0.279. The summed E-state index contributed by atoms with van der Waals surface area (Å²) in [4.78, 5) is 4.84. The molecule has 0 N–H and O–H groups in total. The first-order valence-corrected chi connectivity index (χ1v) is 8.21. The van der Waals surface area contributed by atoms with Crippen molar-refractivity contribution >= 4 is 5.82 Å². The lowest BCUT2D eigenvalue weighted by atomic mass is 9.85. The van der Waals surface area contributed by atoms with Gasteiger partial charge in [0.05, 0.1) is 12.7 Å². The standard InChI is InChI=1S/C16H26N4O/c1-2-20(16-7-4-8-17-18-16)13-15-12-19(9-10-21-15)11-14-5-3-6-14/h4,7-8,14-15H,2-3,5-6,9-13H2,1H3/t15-/m0/s1. The lowest BCUT2D eigenvalue weighted by molar-refractivity contribution is -0.0322. The fraction of sp³-hybridized carbons (Fsp3) is 0.750. The molecule has 1 aliphatic carbocycles. The Morgan fingerprint density at radius 2 is 2.33 bits per heavy atom. The van der Waals surface area contributed by atoms with Crippen LogP contribution < -0.4 is 4.90 Å². The zero-order valence-corrected chi connectivity index (χ0v) is 12.9. The molecule has 2 aliphatic rings. The van der Waals surface area contributed by atoms with Crippen molar-refractivity contribution in [3.8, 4) is 0 Å². The Labute approximate surface area is 127 Å². The van der Waals surface area contributed by atoms with Gasteiger partial charge in [-0.05, 0) is 37.8 Å². The average Bonchev–Trinajstić information content (AvgIpc) is 2.50. The van der Waals surface area contributed by atoms with E-state index in [0.717, 1.165) is 44.5 Å². The Balaban J connectivity index is 1.53. The molecular weight excluding hydrogens is 264 g/mol. The third-order valence-electron chi connectivity index (χ3n) is 4.65. The lowest BCUT2D eigenvalue weighted by Crippen LogP contribution is -2.49. The van der Waals surface area contributed by atoms with E-state index in [9.17, 15) is 0 Å². The van der Waals surface area contributed by atoms with Crippen LogP contribution in [0.5, 0.6) is 0 Å². The van der Waals surface area contributed by atoms with Gasteiger partial charge in [-0.3, -0.25) is 4.90 Å². The molecule has 1 saturated carbocycles. The zero-order chi connectivity index (χ0) is 14.5. The fourth-order valence-electron chi connectivity index (χ4n) is 3.19. The normalized spacial score (nSPS) is 23.8. The molecule has 21 heavy (non-hydrogen) atoms. The molecule has 3 rings (SSSR count). The molecular formula is C16H26N4O. The van der Waals surface area contributed by atoms with E-state index in [0.29, 0.717) is 0 Å². The van der Waals surface area contributed by atoms with Gasteiger partial charge in [-0.15, -0.1) is 5.10 Å². The summed E-state index contributed by atoms with van der Waals surface area (Å²) < 4.78 is 5.96. The van der Waals surface area contributed by atoms with Crippen molar-refractivity contribution in [1.29, 1.82) is 0 Å². The van der Waals surface area contributed by atoms with Gasteiger partial charge in [0.2, 0.25) is 0 Å². The summed E-state index contributed by atoms with van der Waals surface area (Å²) in [5.74, 6) is 1.88. The van der Waals surface area contributed by atoms with Gasteiger partial charge in [-0.2, -0.15) is 5.10 Å². The molecule has 1 atom stereocenters. The molecule has 2 heterocycles. The molecule has 0 radical (unpaired) electrons. The number of hydrogen-bond acceptors (Lipinski definition) is 5. The van der Waals surface area contributed by atoms with Gasteiger partial charge in [0.25, 0.3) is 0 Å². The van der Waals surface area contributed by atoms with Crippen molar-refractivity contribution in [2.75, 3.05) is 44.2 Å². The Morgan fingerprint density at radius 1 is 1.43 bits per heavy atom. The van der Waals surface area contributed by atoms with E-state index in [1.807, 2.05) is 12.1 Å². The second-order valence-corrected chi connectivity index (χ2v) is 6.17. The van der Waals surface area contributed by atoms with Crippen LogP contribution in [0.15, 0.2) is 18.3 Å². The smallest absolute Gasteiger partial charge is 0.151 e. The lowest BCUT2D eigenvalue weighted by Gasteiger charge is -2.39. The van der Waals surface area contributed by atoms with Crippen LogP contribution >= 0.6 is 0 Å². The molecule has 1 aromatic heterocycles. The van der Waals surface area contributed by atoms with Crippen molar-refractivity contribution in [1.82, 2.24) is 15.1 Å². The van der Waals surface area contributed by atoms with Crippen LogP contribution in [0, 0.1) is 5.92 Å². The van der Waals surface area contributed by atoms with E-state index < -0.39 is 0 Å². The second-order valence-electron chi connectivity index (χ2n) is 6.17. The van der Waals surface area contributed by atoms with Gasteiger partial charge in [-0.25, -0.2) is 0 Å². The fourth-order valence-corrected chi connectivity index (χ4v) is 3.19. The van der Waals surface area contributed by atoms with E-state index in [1.165, 1.54) is 25.8 Å². The topological polar surface area (TPSA) is 41.5 Å². The molecule has 0 unspecified atom stereocenters. The van der Waals surface area contributed by atoms with E-state index in [2.05, 4.69) is 26.9 Å². The summed E-state index contributed by atoms with van der Waals surface area (Å²) in [5, 5.41) is 8.19. The van der Waals surface area contributed by atoms with Crippen molar-refractivity contribution in [3.05, 3.63) is 18.3 Å². The highest BCUT2D eigenvalue weighted by atomic mass is 16.5. The number of hydrogen-bond donors (Lipinski definition) is 0. The maximum absolute atomic E-state index is 5.96. The highest BCUT2D eigenvalue weighted by Crippen LogP contribution is 2.27. The molecule has 0 aromatic carbocycles. The average molecular weight is 290 g/mol. The number of rotatable bonds is 6. The van der Waals surface area contributed by atoms with E-state index in [1.54, 1.807) is 6.20 Å². The summed E-state index contributed by atoms with van der Waals surface area (Å²) in [6, 6.07) is 3.96. The predicted octanol–water partition coefficient (Wildman–Crippen LogP) is 1.80. The minimum absolute atomic E-state index is 0.279. The summed E-state index contributed by atoms with van der Waals surface area (Å²) in [6.45, 7) is 8.24. The van der Waals surface area contributed by atoms with Crippen LogP contribution in [0.3, 0.4) is 0 Å². The Bertz CT molecular complexity index is 424. The summed E-state index contributed by atoms with van der Waals surface area (Å²) in [7, 11) is 0. The summed E-state index contributed by atoms with van der Waals surface area (Å²) in [6.07, 6.45) is 6.26. The summed E-state index contributed by atoms with van der Waals surface area (Å²) >= 11 is 0. The molecule has 1 saturated heterocycles. The number of morpholine rings is 1. The van der Waals surface area contributed by atoms with Gasteiger partial charge < -0.3 is 9.64 Å². The van der Waals surface area contributed by atoms with Crippen molar-refractivity contribution in [3.63, 3.8) is 0 Å². The molecule has 1 aromatic rings. The Hall–Kier alpha value is -1.20. The van der Waals surface area contributed by atoms with E-state index >= 15 is 0 Å². The van der Waals surface area contributed by atoms with Crippen LogP contribution in [0.2, 0.25) is 0 Å². The van der Waals surface area contributed by atoms with Gasteiger partial charge in [0.1, 0.15) is 0 Å². The maximum Gasteiger partial charge on any atom is 0.151 e. The SMILES string of the molecule is CCN(C[C@@H]1CN(CC2CCC2)CCO1)c1cccnn1. The quantitative estimate of drug-likeness (QED) is 0.799. The highest BCUT2D eigenvalue weighted by Gasteiger charge is 2.26. The zero-order valence-electron chi connectivity index (χ0n) is 12.9. The van der Waals surface area contributed by atoms with Crippen LogP contribution in [-0.4, -0.2) is 60.5 Å². The minimum Gasteiger partial charge on any atom is -0.374 e.